The van der Waals surface area contributed by atoms with Crippen LogP contribution >= 0.6 is 22.9 Å². The van der Waals surface area contributed by atoms with Crippen molar-refractivity contribution in [2.75, 3.05) is 5.32 Å². The summed E-state index contributed by atoms with van der Waals surface area (Å²) in [5.41, 5.74) is 0.616. The van der Waals surface area contributed by atoms with E-state index in [4.69, 9.17) is 11.6 Å². The van der Waals surface area contributed by atoms with E-state index in [1.165, 1.54) is 4.57 Å². The molecule has 0 spiro atoms. The van der Waals surface area contributed by atoms with Crippen LogP contribution in [0.15, 0.2) is 40.6 Å². The molecular formula is C11H9ClN2O2S. The highest BCUT2D eigenvalue weighted by Crippen LogP contribution is 2.14. The molecule has 1 aromatic carbocycles. The normalized spacial score (nSPS) is 10.2. The van der Waals surface area contributed by atoms with Crippen LogP contribution in [-0.4, -0.2) is 10.5 Å². The Balaban J connectivity index is 2.03. The lowest BCUT2D eigenvalue weighted by atomic mass is 10.3. The molecule has 2 aromatic rings. The molecule has 0 unspecified atom stereocenters. The van der Waals surface area contributed by atoms with Gasteiger partial charge < -0.3 is 5.32 Å². The van der Waals surface area contributed by atoms with E-state index in [1.54, 1.807) is 35.8 Å². The molecule has 4 nitrogen and oxygen atoms in total. The number of halogens is 1. The molecule has 0 aliphatic rings. The van der Waals surface area contributed by atoms with Gasteiger partial charge in [-0.25, -0.2) is 0 Å². The number of thiazole rings is 1. The quantitative estimate of drug-likeness (QED) is 0.928. The van der Waals surface area contributed by atoms with Gasteiger partial charge in [-0.05, 0) is 18.2 Å². The largest absolute Gasteiger partial charge is 0.324 e. The second-order valence-electron chi connectivity index (χ2n) is 3.36. The van der Waals surface area contributed by atoms with Gasteiger partial charge in [0, 0.05) is 22.3 Å². The van der Waals surface area contributed by atoms with Crippen LogP contribution in [0, 0.1) is 0 Å². The van der Waals surface area contributed by atoms with Gasteiger partial charge >= 0.3 is 4.87 Å². The topological polar surface area (TPSA) is 51.1 Å². The summed E-state index contributed by atoms with van der Waals surface area (Å²) in [6, 6.07) is 6.85. The Kier molecular flexibility index (Phi) is 3.61. The van der Waals surface area contributed by atoms with Crippen molar-refractivity contribution in [1.29, 1.82) is 0 Å². The highest BCUT2D eigenvalue weighted by molar-refractivity contribution is 7.07. The second-order valence-corrected chi connectivity index (χ2v) is 4.65. The van der Waals surface area contributed by atoms with Crippen LogP contribution in [0.4, 0.5) is 5.69 Å². The predicted octanol–water partition coefficient (Wildman–Crippen LogP) is 2.20. The maximum atomic E-state index is 11.6. The fraction of sp³-hybridized carbons (Fsp3) is 0.0909. The lowest BCUT2D eigenvalue weighted by Crippen LogP contribution is -2.23. The summed E-state index contributed by atoms with van der Waals surface area (Å²) < 4.78 is 1.35. The zero-order chi connectivity index (χ0) is 12.3. The molecule has 0 aliphatic carbocycles. The molecule has 88 valence electrons. The Hall–Kier alpha value is -1.59. The van der Waals surface area contributed by atoms with Gasteiger partial charge in [0.25, 0.3) is 0 Å². The minimum absolute atomic E-state index is 0.00878. The van der Waals surface area contributed by atoms with Crippen molar-refractivity contribution >= 4 is 34.5 Å². The minimum atomic E-state index is -0.257. The number of aromatic nitrogens is 1. The number of hydrogen-bond acceptors (Lipinski definition) is 3. The second kappa shape index (κ2) is 5.16. The van der Waals surface area contributed by atoms with Crippen molar-refractivity contribution in [3.05, 3.63) is 50.5 Å². The minimum Gasteiger partial charge on any atom is -0.324 e. The molecule has 0 saturated carbocycles. The summed E-state index contributed by atoms with van der Waals surface area (Å²) in [5, 5.41) is 4.87. The zero-order valence-corrected chi connectivity index (χ0v) is 10.3. The first-order chi connectivity index (χ1) is 8.15. The number of nitrogens with zero attached hydrogens (tertiary/aromatic N) is 1. The lowest BCUT2D eigenvalue weighted by Gasteiger charge is -2.05. The summed E-state index contributed by atoms with van der Waals surface area (Å²) >= 11 is 6.85. The Morgan fingerprint density at radius 3 is 2.94 bits per heavy atom. The van der Waals surface area contributed by atoms with Crippen molar-refractivity contribution in [3.63, 3.8) is 0 Å². The Morgan fingerprint density at radius 1 is 1.47 bits per heavy atom. The molecule has 0 saturated heterocycles. The molecule has 17 heavy (non-hydrogen) atoms. The molecule has 1 heterocycles. The number of hydrogen-bond donors (Lipinski definition) is 1. The van der Waals surface area contributed by atoms with E-state index < -0.39 is 0 Å². The van der Waals surface area contributed by atoms with E-state index in [9.17, 15) is 9.59 Å². The first-order valence-corrected chi connectivity index (χ1v) is 6.10. The van der Waals surface area contributed by atoms with Gasteiger partial charge in [-0.1, -0.05) is 29.0 Å². The third-order valence-corrected chi connectivity index (χ3v) is 3.00. The van der Waals surface area contributed by atoms with Crippen LogP contribution in [0.3, 0.4) is 0 Å². The highest BCUT2D eigenvalue weighted by atomic mass is 35.5. The van der Waals surface area contributed by atoms with E-state index in [-0.39, 0.29) is 17.3 Å². The fourth-order valence-electron chi connectivity index (χ4n) is 1.33. The molecular weight excluding hydrogens is 260 g/mol. The smallest absolute Gasteiger partial charge is 0.307 e. The monoisotopic (exact) mass is 268 g/mol. The number of carbonyl (C=O) groups excluding carboxylic acids is 1. The third-order valence-electron chi connectivity index (χ3n) is 2.07. The molecule has 1 amide bonds. The molecule has 6 heteroatoms. The average molecular weight is 269 g/mol. The van der Waals surface area contributed by atoms with Crippen molar-refractivity contribution in [3.8, 4) is 0 Å². The summed E-state index contributed by atoms with van der Waals surface area (Å²) in [4.78, 5) is 22.7. The standard InChI is InChI=1S/C11H9ClN2O2S/c12-8-2-1-3-9(6-8)13-10(15)7-14-4-5-17-11(14)16/h1-6H,7H2,(H,13,15). The van der Waals surface area contributed by atoms with Crippen molar-refractivity contribution in [2.45, 2.75) is 6.54 Å². The van der Waals surface area contributed by atoms with Gasteiger partial charge in [0.1, 0.15) is 6.54 Å². The van der Waals surface area contributed by atoms with Gasteiger partial charge in [0.2, 0.25) is 5.91 Å². The van der Waals surface area contributed by atoms with Gasteiger partial charge in [0.05, 0.1) is 0 Å². The van der Waals surface area contributed by atoms with E-state index in [1.807, 2.05) is 0 Å². The first kappa shape index (κ1) is 11.9. The third kappa shape index (κ3) is 3.18. The van der Waals surface area contributed by atoms with Crippen LogP contribution in [-0.2, 0) is 11.3 Å². The molecule has 0 atom stereocenters. The van der Waals surface area contributed by atoms with Gasteiger partial charge in [0.15, 0.2) is 0 Å². The van der Waals surface area contributed by atoms with Crippen molar-refractivity contribution in [1.82, 2.24) is 4.57 Å². The molecule has 1 aromatic heterocycles. The van der Waals surface area contributed by atoms with E-state index in [2.05, 4.69) is 5.32 Å². The molecule has 2 rings (SSSR count). The van der Waals surface area contributed by atoms with E-state index >= 15 is 0 Å². The van der Waals surface area contributed by atoms with E-state index in [0.29, 0.717) is 10.7 Å². The molecule has 0 fully saturated rings. The van der Waals surface area contributed by atoms with Gasteiger partial charge in [-0.15, -0.1) is 0 Å². The van der Waals surface area contributed by atoms with Crippen molar-refractivity contribution < 1.29 is 4.79 Å². The average Bonchev–Trinajstić information content (AvgIpc) is 2.64. The van der Waals surface area contributed by atoms with Crippen LogP contribution in [0.2, 0.25) is 5.02 Å². The zero-order valence-electron chi connectivity index (χ0n) is 8.72. The Bertz CT molecular complexity index is 591. The van der Waals surface area contributed by atoms with Gasteiger partial charge in [-0.3, -0.25) is 14.2 Å². The van der Waals surface area contributed by atoms with E-state index in [0.717, 1.165) is 11.3 Å². The first-order valence-electron chi connectivity index (χ1n) is 4.84. The summed E-state index contributed by atoms with van der Waals surface area (Å²) in [6.45, 7) is 0.00878. The highest BCUT2D eigenvalue weighted by Gasteiger charge is 2.05. The van der Waals surface area contributed by atoms with Crippen LogP contribution in [0.25, 0.3) is 0 Å². The van der Waals surface area contributed by atoms with Crippen LogP contribution in [0.5, 0.6) is 0 Å². The van der Waals surface area contributed by atoms with Crippen molar-refractivity contribution in [2.24, 2.45) is 0 Å². The summed E-state index contributed by atoms with van der Waals surface area (Å²) in [5.74, 6) is -0.257. The van der Waals surface area contributed by atoms with Gasteiger partial charge in [-0.2, -0.15) is 0 Å². The predicted molar refractivity (Wildman–Crippen MR) is 68.7 cm³/mol. The maximum Gasteiger partial charge on any atom is 0.307 e. The molecule has 0 aliphatic heterocycles. The molecule has 1 N–H and O–H groups in total. The number of benzene rings is 1. The number of anilines is 1. The van der Waals surface area contributed by atoms with Crippen LogP contribution in [0.1, 0.15) is 0 Å². The fourth-order valence-corrected chi connectivity index (χ4v) is 2.10. The molecule has 0 radical (unpaired) electrons. The SMILES string of the molecule is O=C(Cn1ccsc1=O)Nc1cccc(Cl)c1. The Morgan fingerprint density at radius 2 is 2.29 bits per heavy atom. The Labute approximate surface area is 106 Å². The maximum absolute atomic E-state index is 11.6. The van der Waals surface area contributed by atoms with Crippen LogP contribution < -0.4 is 10.2 Å². The number of nitrogens with one attached hydrogen (secondary N) is 1. The lowest BCUT2D eigenvalue weighted by molar-refractivity contribution is -0.116. The summed E-state index contributed by atoms with van der Waals surface area (Å²) in [7, 11) is 0. The summed E-state index contributed by atoms with van der Waals surface area (Å²) in [6.07, 6.45) is 1.59. The number of amides is 1. The number of rotatable bonds is 3. The number of carbonyl (C=O) groups is 1. The molecule has 0 bridgehead atoms.